The number of aryl methyl sites for hydroxylation is 1. The normalized spacial score (nSPS) is 10.9. The average Bonchev–Trinajstić information content (AvgIpc) is 2.74. The summed E-state index contributed by atoms with van der Waals surface area (Å²) in [7, 11) is 0. The van der Waals surface area contributed by atoms with Gasteiger partial charge in [-0.05, 0) is 30.5 Å². The summed E-state index contributed by atoms with van der Waals surface area (Å²) in [5.74, 6) is 0.778. The molecule has 0 atom stereocenters. The highest BCUT2D eigenvalue weighted by Crippen LogP contribution is 2.31. The van der Waals surface area contributed by atoms with Crippen molar-refractivity contribution in [2.75, 3.05) is 5.32 Å². The van der Waals surface area contributed by atoms with Crippen LogP contribution in [-0.2, 0) is 6.42 Å². The molecule has 3 aromatic carbocycles. The monoisotopic (exact) mass is 353 g/mol. The van der Waals surface area contributed by atoms with Gasteiger partial charge >= 0.3 is 0 Å². The molecule has 1 N–H and O–H groups in total. The van der Waals surface area contributed by atoms with Crippen molar-refractivity contribution in [2.24, 2.45) is 0 Å². The minimum absolute atomic E-state index is 0.778. The fraction of sp³-hybridized carbons (Fsp3) is 0.167. The molecule has 0 saturated carbocycles. The summed E-state index contributed by atoms with van der Waals surface area (Å²) < 4.78 is 0. The molecule has 134 valence electrons. The molecule has 0 fully saturated rings. The number of fused-ring (bicyclic) bond motifs is 1. The molecular weight excluding hydrogens is 330 g/mol. The van der Waals surface area contributed by atoms with Gasteiger partial charge in [-0.15, -0.1) is 10.2 Å². The summed E-state index contributed by atoms with van der Waals surface area (Å²) in [6.45, 7) is 2.22. The van der Waals surface area contributed by atoms with Crippen LogP contribution >= 0.6 is 0 Å². The Labute approximate surface area is 160 Å². The van der Waals surface area contributed by atoms with Gasteiger partial charge in [-0.25, -0.2) is 0 Å². The Hall–Kier alpha value is -3.20. The second-order valence-corrected chi connectivity index (χ2v) is 6.73. The van der Waals surface area contributed by atoms with Gasteiger partial charge in [-0.3, -0.25) is 0 Å². The number of rotatable bonds is 6. The highest BCUT2D eigenvalue weighted by atomic mass is 15.2. The summed E-state index contributed by atoms with van der Waals surface area (Å²) in [6, 6.07) is 27.1. The molecule has 27 heavy (non-hydrogen) atoms. The number of nitrogens with zero attached hydrogens (tertiary/aromatic N) is 2. The zero-order chi connectivity index (χ0) is 18.5. The Bertz CT molecular complexity index is 1020. The van der Waals surface area contributed by atoms with Gasteiger partial charge in [0.15, 0.2) is 5.82 Å². The minimum atomic E-state index is 0.778. The van der Waals surface area contributed by atoms with E-state index in [2.05, 4.69) is 64.9 Å². The molecule has 0 unspecified atom stereocenters. The Morgan fingerprint density at radius 1 is 0.741 bits per heavy atom. The SMILES string of the molecule is CCCCc1ccc(-c2nnc(Nc3ccccc3)c3ccccc23)cc1. The van der Waals surface area contributed by atoms with E-state index in [-0.39, 0.29) is 0 Å². The highest BCUT2D eigenvalue weighted by molar-refractivity contribution is 6.00. The largest absolute Gasteiger partial charge is 0.338 e. The van der Waals surface area contributed by atoms with Gasteiger partial charge in [0.1, 0.15) is 5.69 Å². The van der Waals surface area contributed by atoms with E-state index in [1.807, 2.05) is 36.4 Å². The number of hydrogen-bond donors (Lipinski definition) is 1. The molecule has 4 rings (SSSR count). The van der Waals surface area contributed by atoms with Gasteiger partial charge in [0, 0.05) is 22.0 Å². The van der Waals surface area contributed by atoms with Crippen molar-refractivity contribution in [3.05, 3.63) is 84.4 Å². The van der Waals surface area contributed by atoms with E-state index in [4.69, 9.17) is 0 Å². The molecule has 3 nitrogen and oxygen atoms in total. The third-order valence-electron chi connectivity index (χ3n) is 4.77. The van der Waals surface area contributed by atoms with Crippen LogP contribution in [0.1, 0.15) is 25.3 Å². The number of anilines is 2. The second-order valence-electron chi connectivity index (χ2n) is 6.73. The van der Waals surface area contributed by atoms with Crippen molar-refractivity contribution in [3.63, 3.8) is 0 Å². The topological polar surface area (TPSA) is 37.8 Å². The smallest absolute Gasteiger partial charge is 0.161 e. The lowest BCUT2D eigenvalue weighted by molar-refractivity contribution is 0.795. The average molecular weight is 353 g/mol. The Balaban J connectivity index is 1.71. The number of unbranched alkanes of at least 4 members (excludes halogenated alkanes) is 1. The van der Waals surface area contributed by atoms with Crippen molar-refractivity contribution in [1.29, 1.82) is 0 Å². The van der Waals surface area contributed by atoms with Crippen LogP contribution in [0.25, 0.3) is 22.0 Å². The molecule has 3 heteroatoms. The zero-order valence-corrected chi connectivity index (χ0v) is 15.5. The van der Waals surface area contributed by atoms with Gasteiger partial charge in [0.05, 0.1) is 0 Å². The fourth-order valence-corrected chi connectivity index (χ4v) is 3.28. The van der Waals surface area contributed by atoms with E-state index in [0.717, 1.165) is 40.0 Å². The molecule has 1 aromatic heterocycles. The second kappa shape index (κ2) is 8.00. The van der Waals surface area contributed by atoms with Crippen LogP contribution in [0.5, 0.6) is 0 Å². The summed E-state index contributed by atoms with van der Waals surface area (Å²) in [5.41, 5.74) is 4.40. The number of hydrogen-bond acceptors (Lipinski definition) is 3. The van der Waals surface area contributed by atoms with E-state index in [0.29, 0.717) is 0 Å². The van der Waals surface area contributed by atoms with Crippen LogP contribution < -0.4 is 5.32 Å². The molecule has 0 aliphatic rings. The third kappa shape index (κ3) is 3.82. The van der Waals surface area contributed by atoms with Crippen LogP contribution in [0.2, 0.25) is 0 Å². The van der Waals surface area contributed by atoms with Crippen LogP contribution in [0.3, 0.4) is 0 Å². The number of benzene rings is 3. The van der Waals surface area contributed by atoms with E-state index in [9.17, 15) is 0 Å². The summed E-state index contributed by atoms with van der Waals surface area (Å²) in [5, 5.41) is 14.6. The van der Waals surface area contributed by atoms with Crippen molar-refractivity contribution in [1.82, 2.24) is 10.2 Å². The van der Waals surface area contributed by atoms with Crippen LogP contribution in [-0.4, -0.2) is 10.2 Å². The first-order chi connectivity index (χ1) is 13.3. The standard InChI is InChI=1S/C24H23N3/c1-2-3-9-18-14-16-19(17-15-18)23-21-12-7-8-13-22(21)24(27-26-23)25-20-10-5-4-6-11-20/h4-8,10-17H,2-3,9H2,1H3,(H,25,27). The maximum Gasteiger partial charge on any atom is 0.161 e. The van der Waals surface area contributed by atoms with Gasteiger partial charge in [0.2, 0.25) is 0 Å². The van der Waals surface area contributed by atoms with Crippen molar-refractivity contribution in [3.8, 4) is 11.3 Å². The van der Waals surface area contributed by atoms with Crippen molar-refractivity contribution in [2.45, 2.75) is 26.2 Å². The molecule has 0 bridgehead atoms. The number of nitrogens with one attached hydrogen (secondary N) is 1. The van der Waals surface area contributed by atoms with E-state index >= 15 is 0 Å². The molecule has 0 amide bonds. The summed E-state index contributed by atoms with van der Waals surface area (Å²) >= 11 is 0. The van der Waals surface area contributed by atoms with Gasteiger partial charge in [-0.1, -0.05) is 80.1 Å². The molecule has 0 spiro atoms. The van der Waals surface area contributed by atoms with E-state index < -0.39 is 0 Å². The predicted molar refractivity (Wildman–Crippen MR) is 113 cm³/mol. The fourth-order valence-electron chi connectivity index (χ4n) is 3.28. The molecule has 0 aliphatic carbocycles. The molecule has 1 heterocycles. The minimum Gasteiger partial charge on any atom is -0.338 e. The van der Waals surface area contributed by atoms with Crippen molar-refractivity contribution < 1.29 is 0 Å². The molecule has 0 radical (unpaired) electrons. The molecule has 4 aromatic rings. The van der Waals surface area contributed by atoms with Crippen molar-refractivity contribution >= 4 is 22.3 Å². The first-order valence-corrected chi connectivity index (χ1v) is 9.52. The number of para-hydroxylation sites is 1. The highest BCUT2D eigenvalue weighted by Gasteiger charge is 2.11. The van der Waals surface area contributed by atoms with Gasteiger partial charge in [-0.2, -0.15) is 0 Å². The summed E-state index contributed by atoms with van der Waals surface area (Å²) in [4.78, 5) is 0. The zero-order valence-electron chi connectivity index (χ0n) is 15.5. The maximum absolute atomic E-state index is 4.55. The molecule has 0 saturated heterocycles. The van der Waals surface area contributed by atoms with Crippen LogP contribution in [0, 0.1) is 0 Å². The first kappa shape index (κ1) is 17.2. The molecule has 0 aliphatic heterocycles. The lowest BCUT2D eigenvalue weighted by Crippen LogP contribution is -1.99. The Morgan fingerprint density at radius 3 is 2.19 bits per heavy atom. The van der Waals surface area contributed by atoms with Gasteiger partial charge < -0.3 is 5.32 Å². The first-order valence-electron chi connectivity index (χ1n) is 9.52. The predicted octanol–water partition coefficient (Wildman–Crippen LogP) is 6.38. The Morgan fingerprint density at radius 2 is 1.44 bits per heavy atom. The lowest BCUT2D eigenvalue weighted by Gasteiger charge is -2.11. The maximum atomic E-state index is 4.55. The van der Waals surface area contributed by atoms with Crippen LogP contribution in [0.4, 0.5) is 11.5 Å². The van der Waals surface area contributed by atoms with E-state index in [1.165, 1.54) is 18.4 Å². The van der Waals surface area contributed by atoms with Gasteiger partial charge in [0.25, 0.3) is 0 Å². The summed E-state index contributed by atoms with van der Waals surface area (Å²) in [6.07, 6.45) is 3.57. The Kier molecular flexibility index (Phi) is 5.10. The number of aromatic nitrogens is 2. The lowest BCUT2D eigenvalue weighted by atomic mass is 10.0. The van der Waals surface area contributed by atoms with Crippen LogP contribution in [0.15, 0.2) is 78.9 Å². The molecular formula is C24H23N3. The van der Waals surface area contributed by atoms with E-state index in [1.54, 1.807) is 0 Å². The third-order valence-corrected chi connectivity index (χ3v) is 4.77. The quantitative estimate of drug-likeness (QED) is 0.437.